The van der Waals surface area contributed by atoms with Gasteiger partial charge in [-0.25, -0.2) is 0 Å². The molecule has 164 valence electrons. The van der Waals surface area contributed by atoms with E-state index in [4.69, 9.17) is 4.74 Å². The molecular formula is C25H31N3O3. The van der Waals surface area contributed by atoms with Crippen molar-refractivity contribution < 1.29 is 14.3 Å². The molecule has 2 aliphatic rings. The molecule has 2 aromatic rings. The van der Waals surface area contributed by atoms with Gasteiger partial charge in [0.05, 0.1) is 25.2 Å². The van der Waals surface area contributed by atoms with E-state index in [1.165, 1.54) is 5.56 Å². The third-order valence-electron chi connectivity index (χ3n) is 6.18. The Morgan fingerprint density at radius 2 is 1.65 bits per heavy atom. The lowest BCUT2D eigenvalue weighted by Crippen LogP contribution is -2.44. The Morgan fingerprint density at radius 1 is 1.03 bits per heavy atom. The van der Waals surface area contributed by atoms with Gasteiger partial charge in [-0.3, -0.25) is 14.5 Å². The van der Waals surface area contributed by atoms with E-state index in [9.17, 15) is 9.59 Å². The summed E-state index contributed by atoms with van der Waals surface area (Å²) in [4.78, 5) is 29.8. The fourth-order valence-electron chi connectivity index (χ4n) is 4.22. The molecule has 1 N–H and O–H groups in total. The molecule has 0 spiro atoms. The van der Waals surface area contributed by atoms with Crippen LogP contribution in [0, 0.1) is 19.8 Å². The summed E-state index contributed by atoms with van der Waals surface area (Å²) < 4.78 is 5.47. The topological polar surface area (TPSA) is 61.9 Å². The first-order valence-corrected chi connectivity index (χ1v) is 11.0. The van der Waals surface area contributed by atoms with Crippen molar-refractivity contribution in [1.29, 1.82) is 0 Å². The third-order valence-corrected chi connectivity index (χ3v) is 6.18. The highest BCUT2D eigenvalue weighted by Gasteiger charge is 2.36. The molecule has 2 atom stereocenters. The number of amides is 2. The van der Waals surface area contributed by atoms with Gasteiger partial charge in [-0.2, -0.15) is 0 Å². The van der Waals surface area contributed by atoms with Crippen LogP contribution in [0.15, 0.2) is 48.5 Å². The average molecular weight is 422 g/mol. The lowest BCUT2D eigenvalue weighted by molar-refractivity contribution is -0.127. The highest BCUT2D eigenvalue weighted by molar-refractivity contribution is 6.00. The Bertz CT molecular complexity index is 905. The Labute approximate surface area is 184 Å². The first-order chi connectivity index (χ1) is 15.0. The number of carbonyl (C=O) groups excluding carboxylic acids is 2. The molecule has 31 heavy (non-hydrogen) atoms. The van der Waals surface area contributed by atoms with Crippen LogP contribution in [0.25, 0.3) is 0 Å². The fourth-order valence-corrected chi connectivity index (χ4v) is 4.22. The van der Waals surface area contributed by atoms with E-state index in [0.717, 1.165) is 49.7 Å². The molecule has 6 nitrogen and oxygen atoms in total. The second-order valence-corrected chi connectivity index (χ2v) is 8.63. The van der Waals surface area contributed by atoms with Crippen LogP contribution in [-0.4, -0.2) is 56.1 Å². The van der Waals surface area contributed by atoms with Crippen molar-refractivity contribution in [3.05, 3.63) is 65.2 Å². The smallest absolute Gasteiger partial charge is 0.227 e. The van der Waals surface area contributed by atoms with Crippen LogP contribution in [0.3, 0.4) is 0 Å². The molecule has 0 saturated carbocycles. The number of hydrogen-bond donors (Lipinski definition) is 1. The summed E-state index contributed by atoms with van der Waals surface area (Å²) in [6.45, 7) is 8.40. The molecule has 2 aliphatic heterocycles. The average Bonchev–Trinajstić information content (AvgIpc) is 3.17. The Kier molecular flexibility index (Phi) is 6.68. The van der Waals surface area contributed by atoms with Gasteiger partial charge in [-0.05, 0) is 31.5 Å². The van der Waals surface area contributed by atoms with Gasteiger partial charge in [0.2, 0.25) is 11.8 Å². The van der Waals surface area contributed by atoms with E-state index >= 15 is 0 Å². The standard InChI is InChI=1S/C25H31N3O3/c1-18-3-7-20(8-4-18)23(17-27-11-13-31-14-12-27)26-25(30)21-15-24(29)28(16-21)22-9-5-19(2)6-10-22/h3-10,21,23H,11-17H2,1-2H3,(H,26,30). The van der Waals surface area contributed by atoms with Crippen LogP contribution in [0.4, 0.5) is 5.69 Å². The van der Waals surface area contributed by atoms with Crippen molar-refractivity contribution in [3.63, 3.8) is 0 Å². The molecule has 2 aromatic carbocycles. The third kappa shape index (κ3) is 5.32. The number of rotatable bonds is 6. The molecule has 2 heterocycles. The zero-order chi connectivity index (χ0) is 21.8. The number of nitrogens with zero attached hydrogens (tertiary/aromatic N) is 2. The van der Waals surface area contributed by atoms with Gasteiger partial charge in [0.15, 0.2) is 0 Å². The highest BCUT2D eigenvalue weighted by atomic mass is 16.5. The molecule has 4 rings (SSSR count). The number of nitrogens with one attached hydrogen (secondary N) is 1. The number of aryl methyl sites for hydroxylation is 2. The predicted octanol–water partition coefficient (Wildman–Crippen LogP) is 2.85. The van der Waals surface area contributed by atoms with Crippen LogP contribution < -0.4 is 10.2 Å². The van der Waals surface area contributed by atoms with Crippen molar-refractivity contribution in [3.8, 4) is 0 Å². The highest BCUT2D eigenvalue weighted by Crippen LogP contribution is 2.26. The van der Waals surface area contributed by atoms with Gasteiger partial charge in [-0.15, -0.1) is 0 Å². The molecule has 2 saturated heterocycles. The molecule has 0 bridgehead atoms. The second-order valence-electron chi connectivity index (χ2n) is 8.63. The summed E-state index contributed by atoms with van der Waals surface area (Å²) in [5.41, 5.74) is 4.28. The van der Waals surface area contributed by atoms with Crippen molar-refractivity contribution in [2.45, 2.75) is 26.3 Å². The summed E-state index contributed by atoms with van der Waals surface area (Å²) in [5, 5.41) is 3.24. The molecular weight excluding hydrogens is 390 g/mol. The Balaban J connectivity index is 1.45. The molecule has 2 unspecified atom stereocenters. The van der Waals surface area contributed by atoms with Crippen molar-refractivity contribution in [1.82, 2.24) is 10.2 Å². The summed E-state index contributed by atoms with van der Waals surface area (Å²) in [6.07, 6.45) is 0.248. The maximum Gasteiger partial charge on any atom is 0.227 e. The quantitative estimate of drug-likeness (QED) is 0.779. The van der Waals surface area contributed by atoms with Gasteiger partial charge in [-0.1, -0.05) is 47.5 Å². The van der Waals surface area contributed by atoms with Crippen LogP contribution >= 0.6 is 0 Å². The van der Waals surface area contributed by atoms with Crippen molar-refractivity contribution >= 4 is 17.5 Å². The SMILES string of the molecule is Cc1ccc(C(CN2CCOCC2)NC(=O)C2CC(=O)N(c3ccc(C)cc3)C2)cc1. The van der Waals surface area contributed by atoms with Gasteiger partial charge >= 0.3 is 0 Å². The minimum Gasteiger partial charge on any atom is -0.379 e. The number of anilines is 1. The van der Waals surface area contributed by atoms with Gasteiger partial charge in [0, 0.05) is 38.3 Å². The lowest BCUT2D eigenvalue weighted by atomic mass is 10.0. The Hall–Kier alpha value is -2.70. The van der Waals surface area contributed by atoms with E-state index < -0.39 is 0 Å². The van der Waals surface area contributed by atoms with E-state index in [0.29, 0.717) is 6.54 Å². The van der Waals surface area contributed by atoms with Crippen LogP contribution in [0.2, 0.25) is 0 Å². The summed E-state index contributed by atoms with van der Waals surface area (Å²) >= 11 is 0. The molecule has 6 heteroatoms. The lowest BCUT2D eigenvalue weighted by Gasteiger charge is -2.31. The molecule has 2 amide bonds. The Morgan fingerprint density at radius 3 is 2.29 bits per heavy atom. The van der Waals surface area contributed by atoms with Gasteiger partial charge < -0.3 is 15.0 Å². The molecule has 0 aromatic heterocycles. The van der Waals surface area contributed by atoms with E-state index in [1.54, 1.807) is 4.90 Å². The monoisotopic (exact) mass is 421 g/mol. The first-order valence-electron chi connectivity index (χ1n) is 11.0. The number of morpholine rings is 1. The summed E-state index contributed by atoms with van der Waals surface area (Å²) in [7, 11) is 0. The van der Waals surface area contributed by atoms with E-state index in [-0.39, 0.29) is 30.2 Å². The van der Waals surface area contributed by atoms with Crippen LogP contribution in [0.1, 0.15) is 29.2 Å². The van der Waals surface area contributed by atoms with E-state index in [1.807, 2.05) is 31.2 Å². The first kappa shape index (κ1) is 21.5. The largest absolute Gasteiger partial charge is 0.379 e. The molecule has 0 aliphatic carbocycles. The van der Waals surface area contributed by atoms with Crippen molar-refractivity contribution in [2.75, 3.05) is 44.3 Å². The fraction of sp³-hybridized carbons (Fsp3) is 0.440. The number of ether oxygens (including phenoxy) is 1. The minimum absolute atomic E-state index is 0.00377. The number of carbonyl (C=O) groups is 2. The number of hydrogen-bond acceptors (Lipinski definition) is 4. The molecule has 0 radical (unpaired) electrons. The summed E-state index contributed by atoms with van der Waals surface area (Å²) in [5.74, 6) is -0.391. The maximum atomic E-state index is 13.2. The zero-order valence-corrected chi connectivity index (χ0v) is 18.3. The van der Waals surface area contributed by atoms with Gasteiger partial charge in [0.25, 0.3) is 0 Å². The normalized spacial score (nSPS) is 20.6. The maximum absolute atomic E-state index is 13.2. The van der Waals surface area contributed by atoms with Crippen LogP contribution in [-0.2, 0) is 14.3 Å². The number of benzene rings is 2. The predicted molar refractivity (Wildman–Crippen MR) is 121 cm³/mol. The van der Waals surface area contributed by atoms with Gasteiger partial charge in [0.1, 0.15) is 0 Å². The van der Waals surface area contributed by atoms with Crippen molar-refractivity contribution in [2.24, 2.45) is 5.92 Å². The summed E-state index contributed by atoms with van der Waals surface area (Å²) in [6, 6.07) is 16.1. The van der Waals surface area contributed by atoms with Crippen LogP contribution in [0.5, 0.6) is 0 Å². The minimum atomic E-state index is -0.341. The second kappa shape index (κ2) is 9.62. The molecule has 2 fully saturated rings. The van der Waals surface area contributed by atoms with E-state index in [2.05, 4.69) is 41.4 Å². The zero-order valence-electron chi connectivity index (χ0n) is 18.3.